The van der Waals surface area contributed by atoms with E-state index in [4.69, 9.17) is 5.73 Å². The van der Waals surface area contributed by atoms with Crippen molar-refractivity contribution in [3.8, 4) is 0 Å². The molecule has 0 bridgehead atoms. The second-order valence-corrected chi connectivity index (χ2v) is 8.24. The summed E-state index contributed by atoms with van der Waals surface area (Å²) in [6.45, 7) is 3.28. The zero-order valence-corrected chi connectivity index (χ0v) is 15.5. The summed E-state index contributed by atoms with van der Waals surface area (Å²) in [7, 11) is -3.56. The maximum atomic E-state index is 13.5. The van der Waals surface area contributed by atoms with E-state index in [1.807, 2.05) is 0 Å². The molecule has 1 amide bonds. The maximum Gasteiger partial charge on any atom is 0.252 e. The number of nitrogens with two attached hydrogens (primary N) is 1. The predicted molar refractivity (Wildman–Crippen MR) is 100 cm³/mol. The Bertz CT molecular complexity index is 1160. The smallest absolute Gasteiger partial charge is 0.252 e. The highest BCUT2D eigenvalue weighted by molar-refractivity contribution is 7.91. The molecule has 0 saturated carbocycles. The number of sulfone groups is 1. The van der Waals surface area contributed by atoms with Gasteiger partial charge in [-0.1, -0.05) is 6.92 Å². The fourth-order valence-corrected chi connectivity index (χ4v) is 3.88. The third-order valence-electron chi connectivity index (χ3n) is 4.04. The van der Waals surface area contributed by atoms with Crippen molar-refractivity contribution in [3.05, 3.63) is 53.7 Å². The third kappa shape index (κ3) is 3.59. The van der Waals surface area contributed by atoms with Crippen LogP contribution in [0.3, 0.4) is 0 Å². The number of benzene rings is 1. The lowest BCUT2D eigenvalue weighted by atomic mass is 10.1. The van der Waals surface area contributed by atoms with E-state index in [0.29, 0.717) is 10.9 Å². The number of carbonyl (C=O) groups excluding carboxylic acids is 1. The molecule has 0 atom stereocenters. The molecule has 2 heterocycles. The number of primary amides is 1. The summed E-state index contributed by atoms with van der Waals surface area (Å²) in [6.07, 6.45) is 3.63. The van der Waals surface area contributed by atoms with E-state index in [1.54, 1.807) is 19.9 Å². The van der Waals surface area contributed by atoms with Gasteiger partial charge in [0.05, 0.1) is 45.5 Å². The van der Waals surface area contributed by atoms with Crippen LogP contribution in [0.5, 0.6) is 0 Å². The van der Waals surface area contributed by atoms with Crippen LogP contribution in [0.4, 0.5) is 15.8 Å². The fraction of sp³-hybridized carbons (Fsp3) is 0.167. The number of nitrogens with zero attached hydrogens (tertiary/aromatic N) is 2. The second-order valence-electron chi connectivity index (χ2n) is 5.99. The minimum Gasteiger partial charge on any atom is -0.365 e. The largest absolute Gasteiger partial charge is 0.365 e. The highest BCUT2D eigenvalue weighted by atomic mass is 32.2. The molecule has 140 valence electrons. The average Bonchev–Trinajstić information content (AvgIpc) is 2.61. The van der Waals surface area contributed by atoms with Crippen LogP contribution >= 0.6 is 0 Å². The minimum absolute atomic E-state index is 0.0530. The van der Waals surface area contributed by atoms with Gasteiger partial charge in [0.25, 0.3) is 5.91 Å². The molecule has 3 rings (SSSR count). The number of carbonyl (C=O) groups is 1. The van der Waals surface area contributed by atoms with Crippen LogP contribution in [0.1, 0.15) is 22.8 Å². The third-order valence-corrected chi connectivity index (χ3v) is 5.78. The summed E-state index contributed by atoms with van der Waals surface area (Å²) in [5.74, 6) is -1.41. The van der Waals surface area contributed by atoms with Crippen LogP contribution < -0.4 is 11.1 Å². The lowest BCUT2D eigenvalue weighted by Crippen LogP contribution is -2.15. The first-order chi connectivity index (χ1) is 12.7. The Kier molecular flexibility index (Phi) is 4.79. The van der Waals surface area contributed by atoms with Gasteiger partial charge in [-0.15, -0.1) is 0 Å². The van der Waals surface area contributed by atoms with Crippen LogP contribution in [-0.2, 0) is 9.84 Å². The number of hydrogen-bond donors (Lipinski definition) is 2. The van der Waals surface area contributed by atoms with E-state index in [-0.39, 0.29) is 33.1 Å². The van der Waals surface area contributed by atoms with Gasteiger partial charge in [-0.05, 0) is 24.6 Å². The molecule has 9 heteroatoms. The van der Waals surface area contributed by atoms with E-state index in [2.05, 4.69) is 15.3 Å². The van der Waals surface area contributed by atoms with E-state index in [9.17, 15) is 17.6 Å². The van der Waals surface area contributed by atoms with Crippen LogP contribution in [-0.4, -0.2) is 30.0 Å². The quantitative estimate of drug-likeness (QED) is 0.694. The van der Waals surface area contributed by atoms with E-state index in [0.717, 1.165) is 6.20 Å². The Morgan fingerprint density at radius 3 is 2.59 bits per heavy atom. The predicted octanol–water partition coefficient (Wildman–Crippen LogP) is 2.71. The number of halogens is 1. The average molecular weight is 388 g/mol. The highest BCUT2D eigenvalue weighted by Gasteiger charge is 2.21. The summed E-state index contributed by atoms with van der Waals surface area (Å²) < 4.78 is 38.5. The number of nitrogens with one attached hydrogen (secondary N) is 1. The van der Waals surface area contributed by atoms with Gasteiger partial charge in [-0.2, -0.15) is 0 Å². The van der Waals surface area contributed by atoms with E-state index < -0.39 is 21.6 Å². The van der Waals surface area contributed by atoms with E-state index in [1.165, 1.54) is 24.5 Å². The zero-order valence-electron chi connectivity index (χ0n) is 14.7. The second kappa shape index (κ2) is 6.92. The number of aryl methyl sites for hydroxylation is 1. The minimum atomic E-state index is -3.56. The summed E-state index contributed by atoms with van der Waals surface area (Å²) in [4.78, 5) is 19.9. The number of rotatable bonds is 5. The van der Waals surface area contributed by atoms with Gasteiger partial charge in [0, 0.05) is 17.6 Å². The molecular weight excluding hydrogens is 371 g/mol. The maximum absolute atomic E-state index is 13.5. The summed E-state index contributed by atoms with van der Waals surface area (Å²) >= 11 is 0. The summed E-state index contributed by atoms with van der Waals surface area (Å²) in [5, 5.41) is 3.31. The molecule has 0 aliphatic rings. The van der Waals surface area contributed by atoms with Crippen LogP contribution in [0, 0.1) is 12.7 Å². The van der Waals surface area contributed by atoms with Gasteiger partial charge in [0.15, 0.2) is 9.84 Å². The first kappa shape index (κ1) is 18.7. The van der Waals surface area contributed by atoms with Gasteiger partial charge >= 0.3 is 0 Å². The highest BCUT2D eigenvalue weighted by Crippen LogP contribution is 2.33. The Morgan fingerprint density at radius 1 is 1.22 bits per heavy atom. The molecule has 2 aromatic heterocycles. The molecule has 0 spiro atoms. The zero-order chi connectivity index (χ0) is 19.8. The molecule has 0 aliphatic carbocycles. The normalized spacial score (nSPS) is 11.5. The molecular formula is C18H17FN4O3S. The molecule has 0 unspecified atom stereocenters. The molecule has 1 aromatic carbocycles. The Morgan fingerprint density at radius 2 is 1.96 bits per heavy atom. The lowest BCUT2D eigenvalue weighted by molar-refractivity contribution is 0.100. The Hall–Kier alpha value is -3.07. The molecule has 3 aromatic rings. The van der Waals surface area contributed by atoms with Crippen molar-refractivity contribution in [2.45, 2.75) is 18.7 Å². The van der Waals surface area contributed by atoms with E-state index >= 15 is 0 Å². The number of pyridine rings is 2. The number of aromatic nitrogens is 2. The number of anilines is 2. The Balaban J connectivity index is 2.35. The van der Waals surface area contributed by atoms with Crippen molar-refractivity contribution in [2.24, 2.45) is 5.73 Å². The summed E-state index contributed by atoms with van der Waals surface area (Å²) in [5.41, 5.74) is 6.91. The summed E-state index contributed by atoms with van der Waals surface area (Å²) in [6, 6.07) is 4.42. The van der Waals surface area contributed by atoms with Crippen LogP contribution in [0.2, 0.25) is 0 Å². The van der Waals surface area contributed by atoms with Crippen LogP contribution in [0.25, 0.3) is 10.9 Å². The molecule has 7 nitrogen and oxygen atoms in total. The molecule has 0 aliphatic heterocycles. The first-order valence-corrected chi connectivity index (χ1v) is 9.71. The number of amides is 1. The molecule has 0 radical (unpaired) electrons. The van der Waals surface area contributed by atoms with Gasteiger partial charge < -0.3 is 11.1 Å². The molecule has 0 fully saturated rings. The Labute approximate surface area is 155 Å². The number of fused-ring (bicyclic) bond motifs is 1. The van der Waals surface area contributed by atoms with Gasteiger partial charge in [0.2, 0.25) is 0 Å². The molecule has 0 saturated heterocycles. The SMILES string of the molecule is CCS(=O)(=O)c1cc(C)cc2c(Nc3cncc(F)c3)c(C(N)=O)cnc12. The standard InChI is InChI=1S/C18H17FN4O3S/c1-3-27(25,26)15-5-10(2)4-13-16(14(18(20)24)9-22-17(13)15)23-12-6-11(19)7-21-8-12/h4-9H,3H2,1-2H3,(H2,20,24)(H,22,23). The lowest BCUT2D eigenvalue weighted by Gasteiger charge is -2.15. The van der Waals surface area contributed by atoms with Gasteiger partial charge in [-0.25, -0.2) is 12.8 Å². The van der Waals surface area contributed by atoms with Crippen molar-refractivity contribution < 1.29 is 17.6 Å². The van der Waals surface area contributed by atoms with Crippen LogP contribution in [0.15, 0.2) is 41.7 Å². The van der Waals surface area contributed by atoms with Crippen molar-refractivity contribution in [2.75, 3.05) is 11.1 Å². The monoisotopic (exact) mass is 388 g/mol. The molecule has 3 N–H and O–H groups in total. The van der Waals surface area contributed by atoms with Crippen molar-refractivity contribution >= 4 is 38.0 Å². The van der Waals surface area contributed by atoms with Crippen molar-refractivity contribution in [1.82, 2.24) is 9.97 Å². The topological polar surface area (TPSA) is 115 Å². The first-order valence-electron chi connectivity index (χ1n) is 8.06. The van der Waals surface area contributed by atoms with Crippen molar-refractivity contribution in [1.29, 1.82) is 0 Å². The van der Waals surface area contributed by atoms with Crippen molar-refractivity contribution in [3.63, 3.8) is 0 Å². The molecule has 27 heavy (non-hydrogen) atoms. The van der Waals surface area contributed by atoms with Gasteiger partial charge in [-0.3, -0.25) is 14.8 Å². The number of hydrogen-bond acceptors (Lipinski definition) is 6. The van der Waals surface area contributed by atoms with Gasteiger partial charge in [0.1, 0.15) is 5.82 Å². The fourth-order valence-electron chi connectivity index (χ4n) is 2.75.